The normalized spacial score (nSPS) is 10.7. The van der Waals surface area contributed by atoms with E-state index >= 15 is 0 Å². The molecule has 0 aliphatic rings. The summed E-state index contributed by atoms with van der Waals surface area (Å²) in [5.41, 5.74) is 4.79. The molecule has 0 aliphatic carbocycles. The molecule has 1 aromatic heterocycles. The minimum absolute atomic E-state index is 0.216. The molecule has 5 nitrogen and oxygen atoms in total. The Balaban J connectivity index is 1.69. The molecule has 1 heterocycles. The van der Waals surface area contributed by atoms with Crippen LogP contribution in [0.4, 0.5) is 5.95 Å². The molecule has 0 saturated heterocycles. The van der Waals surface area contributed by atoms with E-state index in [-0.39, 0.29) is 5.91 Å². The molecular weight excluding hydrogens is 360 g/mol. The fourth-order valence-electron chi connectivity index (χ4n) is 2.99. The van der Waals surface area contributed by atoms with E-state index in [9.17, 15) is 4.79 Å². The van der Waals surface area contributed by atoms with Gasteiger partial charge < -0.3 is 5.32 Å². The maximum absolute atomic E-state index is 13.1. The Morgan fingerprint density at radius 3 is 2.14 bits per heavy atom. The lowest BCUT2D eigenvalue weighted by molar-refractivity contribution is 0.0947. The van der Waals surface area contributed by atoms with Gasteiger partial charge in [0.1, 0.15) is 0 Å². The van der Waals surface area contributed by atoms with Gasteiger partial charge in [-0.3, -0.25) is 4.79 Å². The number of aryl methyl sites for hydroxylation is 2. The highest BCUT2D eigenvalue weighted by molar-refractivity contribution is 5.97. The predicted octanol–water partition coefficient (Wildman–Crippen LogP) is 4.86. The van der Waals surface area contributed by atoms with Crippen molar-refractivity contribution >= 4 is 11.9 Å². The molecule has 1 N–H and O–H groups in total. The van der Waals surface area contributed by atoms with E-state index in [0.29, 0.717) is 23.9 Å². The monoisotopic (exact) mass is 382 g/mol. The lowest BCUT2D eigenvalue weighted by Crippen LogP contribution is -2.17. The number of carbonyl (C=O) groups is 1. The predicted molar refractivity (Wildman–Crippen MR) is 115 cm³/mol. The van der Waals surface area contributed by atoms with Gasteiger partial charge in [-0.2, -0.15) is 9.67 Å². The Bertz CT molecular complexity index is 1110. The second-order valence-corrected chi connectivity index (χ2v) is 7.05. The number of anilines is 1. The molecule has 29 heavy (non-hydrogen) atoms. The molecule has 3 aromatic carbocycles. The molecule has 0 spiro atoms. The zero-order valence-corrected chi connectivity index (χ0v) is 16.5. The smallest absolute Gasteiger partial charge is 0.281 e. The number of rotatable bonds is 5. The van der Waals surface area contributed by atoms with Crippen molar-refractivity contribution in [3.05, 3.63) is 101 Å². The number of hydrogen-bond acceptors (Lipinski definition) is 4. The number of benzene rings is 3. The van der Waals surface area contributed by atoms with E-state index in [0.717, 1.165) is 22.3 Å². The van der Waals surface area contributed by atoms with Crippen molar-refractivity contribution in [1.82, 2.24) is 14.8 Å². The number of hydrogen-bond donors (Lipinski definition) is 1. The molecular formula is C24H22N4O. The van der Waals surface area contributed by atoms with Crippen LogP contribution < -0.4 is 5.32 Å². The first kappa shape index (κ1) is 18.6. The molecule has 0 saturated carbocycles. The summed E-state index contributed by atoms with van der Waals surface area (Å²) in [6, 6.07) is 25.4. The number of nitrogens with one attached hydrogen (secondary N) is 1. The summed E-state index contributed by atoms with van der Waals surface area (Å²) in [5.74, 6) is 0.724. The molecule has 4 aromatic rings. The van der Waals surface area contributed by atoms with Gasteiger partial charge >= 0.3 is 0 Å². The second-order valence-electron chi connectivity index (χ2n) is 7.05. The van der Waals surface area contributed by atoms with Crippen molar-refractivity contribution in [2.75, 3.05) is 5.32 Å². The molecule has 0 aliphatic heterocycles. The largest absolute Gasteiger partial charge is 0.350 e. The third kappa shape index (κ3) is 4.24. The zero-order valence-electron chi connectivity index (χ0n) is 16.5. The number of carbonyl (C=O) groups excluding carboxylic acids is 1. The first-order valence-electron chi connectivity index (χ1n) is 9.53. The Labute approximate surface area is 170 Å². The SMILES string of the molecule is Cc1ccc(C(=O)n2nc(-c3ccc(C)cc3)nc2NCc2ccccc2)cc1. The van der Waals surface area contributed by atoms with E-state index in [2.05, 4.69) is 15.4 Å². The molecule has 0 amide bonds. The van der Waals surface area contributed by atoms with Crippen LogP contribution in [-0.2, 0) is 6.54 Å². The maximum atomic E-state index is 13.1. The molecule has 0 radical (unpaired) electrons. The zero-order chi connectivity index (χ0) is 20.2. The maximum Gasteiger partial charge on any atom is 0.281 e. The van der Waals surface area contributed by atoms with E-state index in [1.165, 1.54) is 4.68 Å². The van der Waals surface area contributed by atoms with Crippen LogP contribution in [0.2, 0.25) is 0 Å². The van der Waals surface area contributed by atoms with Crippen molar-refractivity contribution in [2.45, 2.75) is 20.4 Å². The highest BCUT2D eigenvalue weighted by Crippen LogP contribution is 2.20. The second kappa shape index (κ2) is 8.10. The highest BCUT2D eigenvalue weighted by Gasteiger charge is 2.18. The van der Waals surface area contributed by atoms with Gasteiger partial charge in [0.05, 0.1) is 0 Å². The van der Waals surface area contributed by atoms with Crippen LogP contribution in [0.25, 0.3) is 11.4 Å². The Morgan fingerprint density at radius 2 is 1.48 bits per heavy atom. The van der Waals surface area contributed by atoms with Crippen LogP contribution in [0.3, 0.4) is 0 Å². The van der Waals surface area contributed by atoms with Crippen molar-refractivity contribution in [3.63, 3.8) is 0 Å². The van der Waals surface area contributed by atoms with Crippen molar-refractivity contribution in [3.8, 4) is 11.4 Å². The topological polar surface area (TPSA) is 59.8 Å². The Kier molecular flexibility index (Phi) is 5.20. The van der Waals surface area contributed by atoms with Crippen LogP contribution in [0.5, 0.6) is 0 Å². The van der Waals surface area contributed by atoms with Gasteiger partial charge in [-0.15, -0.1) is 5.10 Å². The van der Waals surface area contributed by atoms with E-state index in [1.54, 1.807) is 0 Å². The van der Waals surface area contributed by atoms with Gasteiger partial charge in [0.15, 0.2) is 5.82 Å². The summed E-state index contributed by atoms with van der Waals surface area (Å²) in [6.07, 6.45) is 0. The average molecular weight is 382 g/mol. The van der Waals surface area contributed by atoms with Crippen LogP contribution in [0, 0.1) is 13.8 Å². The van der Waals surface area contributed by atoms with E-state index in [1.807, 2.05) is 92.7 Å². The van der Waals surface area contributed by atoms with Crippen molar-refractivity contribution < 1.29 is 4.79 Å². The fraction of sp³-hybridized carbons (Fsp3) is 0.125. The number of aromatic nitrogens is 3. The molecule has 0 atom stereocenters. The first-order valence-corrected chi connectivity index (χ1v) is 9.53. The lowest BCUT2D eigenvalue weighted by Gasteiger charge is -2.07. The van der Waals surface area contributed by atoms with Gasteiger partial charge in [-0.25, -0.2) is 0 Å². The summed E-state index contributed by atoms with van der Waals surface area (Å²) in [4.78, 5) is 17.7. The van der Waals surface area contributed by atoms with Crippen molar-refractivity contribution in [2.24, 2.45) is 0 Å². The quantitative estimate of drug-likeness (QED) is 0.535. The van der Waals surface area contributed by atoms with E-state index < -0.39 is 0 Å². The van der Waals surface area contributed by atoms with Gasteiger partial charge in [0, 0.05) is 17.7 Å². The summed E-state index contributed by atoms with van der Waals surface area (Å²) < 4.78 is 1.35. The first-order chi connectivity index (χ1) is 14.1. The summed E-state index contributed by atoms with van der Waals surface area (Å²) >= 11 is 0. The summed E-state index contributed by atoms with van der Waals surface area (Å²) in [5, 5.41) is 7.78. The third-order valence-corrected chi connectivity index (χ3v) is 4.70. The van der Waals surface area contributed by atoms with Crippen molar-refractivity contribution in [1.29, 1.82) is 0 Å². The molecule has 4 rings (SSSR count). The van der Waals surface area contributed by atoms with Gasteiger partial charge in [-0.1, -0.05) is 77.9 Å². The van der Waals surface area contributed by atoms with Crippen LogP contribution in [-0.4, -0.2) is 20.7 Å². The standard InChI is InChI=1S/C24H22N4O/c1-17-8-12-20(13-9-17)22-26-24(25-16-19-6-4-3-5-7-19)28(27-22)23(29)21-14-10-18(2)11-15-21/h3-15H,16H2,1-2H3,(H,25,26,27). The molecule has 0 fully saturated rings. The molecule has 144 valence electrons. The molecule has 0 bridgehead atoms. The fourth-order valence-corrected chi connectivity index (χ4v) is 2.99. The van der Waals surface area contributed by atoms with Gasteiger partial charge in [0.25, 0.3) is 5.91 Å². The Hall–Kier alpha value is -3.73. The number of nitrogens with zero attached hydrogens (tertiary/aromatic N) is 3. The minimum Gasteiger partial charge on any atom is -0.350 e. The molecule has 0 unspecified atom stereocenters. The Morgan fingerprint density at radius 1 is 0.862 bits per heavy atom. The minimum atomic E-state index is -0.216. The van der Waals surface area contributed by atoms with Gasteiger partial charge in [-0.05, 0) is 31.5 Å². The van der Waals surface area contributed by atoms with Crippen LogP contribution in [0.1, 0.15) is 27.0 Å². The van der Waals surface area contributed by atoms with E-state index in [4.69, 9.17) is 0 Å². The average Bonchev–Trinajstić information content (AvgIpc) is 3.18. The van der Waals surface area contributed by atoms with Crippen LogP contribution in [0.15, 0.2) is 78.9 Å². The highest BCUT2D eigenvalue weighted by atomic mass is 16.2. The third-order valence-electron chi connectivity index (χ3n) is 4.70. The van der Waals surface area contributed by atoms with Gasteiger partial charge in [0.2, 0.25) is 5.95 Å². The summed E-state index contributed by atoms with van der Waals surface area (Å²) in [6.45, 7) is 4.57. The molecule has 5 heteroatoms. The van der Waals surface area contributed by atoms with Crippen LogP contribution >= 0.6 is 0 Å². The lowest BCUT2D eigenvalue weighted by atomic mass is 10.1. The summed E-state index contributed by atoms with van der Waals surface area (Å²) in [7, 11) is 0.